The molecule has 0 radical (unpaired) electrons. The van der Waals surface area contributed by atoms with E-state index in [9.17, 15) is 9.59 Å². The summed E-state index contributed by atoms with van der Waals surface area (Å²) in [6.07, 6.45) is 3.85. The summed E-state index contributed by atoms with van der Waals surface area (Å²) in [6, 6.07) is 7.95. The summed E-state index contributed by atoms with van der Waals surface area (Å²) in [5.74, 6) is 1.56. The van der Waals surface area contributed by atoms with Crippen molar-refractivity contribution in [3.05, 3.63) is 46.1 Å². The van der Waals surface area contributed by atoms with E-state index in [2.05, 4.69) is 5.10 Å². The molecule has 4 rings (SSSR count). The Morgan fingerprint density at radius 2 is 2.10 bits per heavy atom. The highest BCUT2D eigenvalue weighted by Crippen LogP contribution is 2.37. The number of rotatable bonds is 8. The van der Waals surface area contributed by atoms with Crippen molar-refractivity contribution in [2.24, 2.45) is 0 Å². The van der Waals surface area contributed by atoms with Crippen molar-refractivity contribution in [3.8, 4) is 5.75 Å². The lowest BCUT2D eigenvalue weighted by Gasteiger charge is -2.32. The van der Waals surface area contributed by atoms with Crippen LogP contribution >= 0.6 is 0 Å². The summed E-state index contributed by atoms with van der Waals surface area (Å²) in [4.78, 5) is 27.4. The molecule has 1 aromatic carbocycles. The van der Waals surface area contributed by atoms with Crippen LogP contribution in [0.2, 0.25) is 0 Å². The molecular weight excluding hydrogens is 384 g/mol. The van der Waals surface area contributed by atoms with E-state index in [1.54, 1.807) is 7.11 Å². The van der Waals surface area contributed by atoms with Gasteiger partial charge in [0.05, 0.1) is 13.2 Å². The molecule has 1 aliphatic carbocycles. The van der Waals surface area contributed by atoms with Gasteiger partial charge in [0.1, 0.15) is 11.6 Å². The molecule has 0 spiro atoms. The van der Waals surface area contributed by atoms with Crippen LogP contribution in [0.4, 0.5) is 0 Å². The molecular formula is C22H30N4O4. The van der Waals surface area contributed by atoms with Crippen LogP contribution in [0.3, 0.4) is 0 Å². The topological polar surface area (TPSA) is 78.6 Å². The van der Waals surface area contributed by atoms with Crippen molar-refractivity contribution in [1.29, 1.82) is 0 Å². The number of carbonyl (C=O) groups is 1. The molecule has 2 aromatic rings. The van der Waals surface area contributed by atoms with Crippen molar-refractivity contribution >= 4 is 5.91 Å². The molecule has 8 heteroatoms. The van der Waals surface area contributed by atoms with Crippen LogP contribution in [0.25, 0.3) is 0 Å². The second-order valence-electron chi connectivity index (χ2n) is 8.24. The lowest BCUT2D eigenvalue weighted by Crippen LogP contribution is -2.42. The lowest BCUT2D eigenvalue weighted by atomic mass is 9.97. The Hall–Kier alpha value is -2.61. The average Bonchev–Trinajstić information content (AvgIpc) is 3.54. The van der Waals surface area contributed by atoms with Crippen molar-refractivity contribution in [1.82, 2.24) is 19.2 Å². The van der Waals surface area contributed by atoms with E-state index < -0.39 is 0 Å². The number of carbonyl (C=O) groups excluding carboxylic acids is 1. The van der Waals surface area contributed by atoms with Gasteiger partial charge in [-0.25, -0.2) is 9.48 Å². The van der Waals surface area contributed by atoms with Crippen LogP contribution in [-0.4, -0.2) is 58.6 Å². The number of nitrogens with zero attached hydrogens (tertiary/aromatic N) is 4. The Bertz CT molecular complexity index is 947. The van der Waals surface area contributed by atoms with Crippen LogP contribution in [0.15, 0.2) is 29.1 Å². The number of aromatic nitrogens is 3. The monoisotopic (exact) mass is 414 g/mol. The number of amides is 1. The van der Waals surface area contributed by atoms with Crippen molar-refractivity contribution in [3.63, 3.8) is 0 Å². The molecule has 1 aromatic heterocycles. The van der Waals surface area contributed by atoms with Gasteiger partial charge in [0.15, 0.2) is 6.61 Å². The van der Waals surface area contributed by atoms with Gasteiger partial charge in [0.2, 0.25) is 0 Å². The maximum absolute atomic E-state index is 12.8. The van der Waals surface area contributed by atoms with E-state index in [0.717, 1.165) is 37.1 Å². The van der Waals surface area contributed by atoms with Gasteiger partial charge in [-0.1, -0.05) is 12.1 Å². The molecule has 1 saturated heterocycles. The first kappa shape index (κ1) is 20.7. The number of ether oxygens (including phenoxy) is 2. The molecule has 162 valence electrons. The van der Waals surface area contributed by atoms with Gasteiger partial charge in [-0.05, 0) is 50.3 Å². The van der Waals surface area contributed by atoms with E-state index in [0.29, 0.717) is 32.0 Å². The summed E-state index contributed by atoms with van der Waals surface area (Å²) in [5, 5.41) is 4.65. The highest BCUT2D eigenvalue weighted by molar-refractivity contribution is 5.78. The molecule has 2 heterocycles. The number of hydrogen-bond acceptors (Lipinski definition) is 5. The number of aryl methyl sites for hydroxylation is 1. The third-order valence-electron chi connectivity index (χ3n) is 5.81. The molecule has 1 unspecified atom stereocenters. The zero-order valence-corrected chi connectivity index (χ0v) is 17.7. The number of piperidine rings is 1. The van der Waals surface area contributed by atoms with Crippen molar-refractivity contribution in [2.75, 3.05) is 33.4 Å². The second kappa shape index (κ2) is 9.04. The van der Waals surface area contributed by atoms with Crippen molar-refractivity contribution in [2.45, 2.75) is 51.1 Å². The number of hydrogen-bond donors (Lipinski definition) is 0. The van der Waals surface area contributed by atoms with Gasteiger partial charge < -0.3 is 14.4 Å². The third kappa shape index (κ3) is 4.59. The summed E-state index contributed by atoms with van der Waals surface area (Å²) < 4.78 is 14.2. The SMILES string of the molecule is COCCn1nc(C2CCCN(C(=O)COc3cccc(C)c3)C2)n(C2CC2)c1=O. The first-order chi connectivity index (χ1) is 14.6. The van der Waals surface area contributed by atoms with Crippen LogP contribution < -0.4 is 10.4 Å². The predicted octanol–water partition coefficient (Wildman–Crippen LogP) is 2.12. The molecule has 0 N–H and O–H groups in total. The molecule has 1 atom stereocenters. The largest absolute Gasteiger partial charge is 0.484 e. The van der Waals surface area contributed by atoms with Crippen LogP contribution in [0, 0.1) is 6.92 Å². The summed E-state index contributed by atoms with van der Waals surface area (Å²) in [6.45, 7) is 4.20. The molecule has 2 aliphatic rings. The summed E-state index contributed by atoms with van der Waals surface area (Å²) in [5.41, 5.74) is 1.04. The Balaban J connectivity index is 1.44. The number of methoxy groups -OCH3 is 1. The summed E-state index contributed by atoms with van der Waals surface area (Å²) >= 11 is 0. The summed E-state index contributed by atoms with van der Waals surface area (Å²) in [7, 11) is 1.62. The average molecular weight is 415 g/mol. The lowest BCUT2D eigenvalue weighted by molar-refractivity contribution is -0.134. The first-order valence-corrected chi connectivity index (χ1v) is 10.7. The molecule has 2 fully saturated rings. The fourth-order valence-electron chi connectivity index (χ4n) is 4.07. The van der Waals surface area contributed by atoms with Crippen molar-refractivity contribution < 1.29 is 14.3 Å². The van der Waals surface area contributed by atoms with Crippen LogP contribution in [0.1, 0.15) is 49.0 Å². The van der Waals surface area contributed by atoms with Gasteiger partial charge in [-0.2, -0.15) is 5.10 Å². The number of likely N-dealkylation sites (tertiary alicyclic amines) is 1. The Labute approximate surface area is 176 Å². The second-order valence-corrected chi connectivity index (χ2v) is 8.24. The fraction of sp³-hybridized carbons (Fsp3) is 0.591. The Morgan fingerprint density at radius 3 is 2.83 bits per heavy atom. The molecule has 1 amide bonds. The van der Waals surface area contributed by atoms with E-state index in [-0.39, 0.29) is 30.2 Å². The van der Waals surface area contributed by atoms with Crippen LogP contribution in [0.5, 0.6) is 5.75 Å². The van der Waals surface area contributed by atoms with Gasteiger partial charge in [0, 0.05) is 32.2 Å². The maximum atomic E-state index is 12.8. The normalized spacial score (nSPS) is 19.1. The minimum atomic E-state index is -0.0595. The molecule has 1 aliphatic heterocycles. The molecule has 8 nitrogen and oxygen atoms in total. The van der Waals surface area contributed by atoms with E-state index in [1.807, 2.05) is 40.7 Å². The first-order valence-electron chi connectivity index (χ1n) is 10.7. The highest BCUT2D eigenvalue weighted by Gasteiger charge is 2.35. The van der Waals surface area contributed by atoms with Gasteiger partial charge in [-0.3, -0.25) is 9.36 Å². The Morgan fingerprint density at radius 1 is 1.27 bits per heavy atom. The minimum Gasteiger partial charge on any atom is -0.484 e. The zero-order chi connectivity index (χ0) is 21.1. The Kier molecular flexibility index (Phi) is 6.22. The van der Waals surface area contributed by atoms with E-state index in [4.69, 9.17) is 9.47 Å². The third-order valence-corrected chi connectivity index (χ3v) is 5.81. The standard InChI is InChI=1S/C22H30N4O4/c1-16-5-3-7-19(13-16)30-15-20(27)24-10-4-6-17(14-24)21-23-25(11-12-29-2)22(28)26(21)18-8-9-18/h3,5,7,13,17-18H,4,6,8-12,14-15H2,1-2H3. The minimum absolute atomic E-state index is 0.0217. The smallest absolute Gasteiger partial charge is 0.346 e. The van der Waals surface area contributed by atoms with Gasteiger partial charge >= 0.3 is 5.69 Å². The fourth-order valence-corrected chi connectivity index (χ4v) is 4.07. The van der Waals surface area contributed by atoms with Gasteiger partial charge in [0.25, 0.3) is 5.91 Å². The van der Waals surface area contributed by atoms with E-state index in [1.165, 1.54) is 4.68 Å². The zero-order valence-electron chi connectivity index (χ0n) is 17.7. The molecule has 1 saturated carbocycles. The van der Waals surface area contributed by atoms with Crippen LogP contribution in [-0.2, 0) is 16.1 Å². The quantitative estimate of drug-likeness (QED) is 0.661. The molecule has 0 bridgehead atoms. The highest BCUT2D eigenvalue weighted by atomic mass is 16.5. The molecule has 30 heavy (non-hydrogen) atoms. The predicted molar refractivity (Wildman–Crippen MR) is 112 cm³/mol. The number of benzene rings is 1. The maximum Gasteiger partial charge on any atom is 0.346 e. The van der Waals surface area contributed by atoms with Gasteiger partial charge in [-0.15, -0.1) is 0 Å². The van der Waals surface area contributed by atoms with E-state index >= 15 is 0 Å².